The van der Waals surface area contributed by atoms with E-state index in [0.717, 1.165) is 25.0 Å². The molecule has 1 aromatic rings. The van der Waals surface area contributed by atoms with Gasteiger partial charge in [0.25, 0.3) is 0 Å². The van der Waals surface area contributed by atoms with Crippen LogP contribution in [-0.4, -0.2) is 118 Å². The van der Waals surface area contributed by atoms with Crippen LogP contribution in [0.5, 0.6) is 0 Å². The standard InChI is InChI=1S/C41H54F2N6O8/c1-5-6-7-8-9-15-34(50)45-30(21-27-19-28(42)22-29(43)20-27)36(51)46-35-26(4)57-41(56)33-18-24(2)23-49(33)38(53)25(3)44-37(52)31-13-10-11-16-47(31)39(54)32-14-12-17-48(32)40(35)55/h7-9,15,19-20,22,24-26,30-33,35H,5-6,10-14,16-18,21,23H2,1-4H3,(H,44,52)(H,45,50)(H,46,51)/b8-7+,15-9+/t24-,25+,26+,30+,31+,32+,33+,35+/m1/s1. The number of allylic oxidation sites excluding steroid dienone is 3. The molecule has 6 amide bonds. The molecule has 4 fully saturated rings. The molecule has 0 aliphatic carbocycles. The molecule has 0 bridgehead atoms. The first kappa shape index (κ1) is 43.0. The van der Waals surface area contributed by atoms with Crippen LogP contribution >= 0.6 is 0 Å². The van der Waals surface area contributed by atoms with Gasteiger partial charge in [-0.3, -0.25) is 28.8 Å². The largest absolute Gasteiger partial charge is 0.458 e. The Hall–Kier alpha value is -5.15. The van der Waals surface area contributed by atoms with Gasteiger partial charge in [0.05, 0.1) is 0 Å². The molecular formula is C41H54F2N6O8. The van der Waals surface area contributed by atoms with E-state index in [-0.39, 0.29) is 50.4 Å². The van der Waals surface area contributed by atoms with Gasteiger partial charge in [0.15, 0.2) is 0 Å². The summed E-state index contributed by atoms with van der Waals surface area (Å²) >= 11 is 0. The van der Waals surface area contributed by atoms with Crippen LogP contribution in [0, 0.1) is 17.6 Å². The fourth-order valence-corrected chi connectivity index (χ4v) is 8.10. The molecule has 4 saturated heterocycles. The van der Waals surface area contributed by atoms with Crippen LogP contribution in [0.4, 0.5) is 8.78 Å². The molecule has 0 saturated carbocycles. The molecule has 5 rings (SSSR count). The number of benzene rings is 1. The van der Waals surface area contributed by atoms with E-state index >= 15 is 0 Å². The molecule has 0 radical (unpaired) electrons. The fraction of sp³-hybridized carbons (Fsp3) is 0.585. The van der Waals surface area contributed by atoms with Gasteiger partial charge in [-0.2, -0.15) is 0 Å². The molecule has 0 aromatic heterocycles. The van der Waals surface area contributed by atoms with E-state index in [2.05, 4.69) is 16.0 Å². The van der Waals surface area contributed by atoms with E-state index in [9.17, 15) is 42.3 Å². The van der Waals surface area contributed by atoms with Crippen molar-refractivity contribution in [2.24, 2.45) is 5.92 Å². The fourth-order valence-electron chi connectivity index (χ4n) is 8.10. The van der Waals surface area contributed by atoms with Gasteiger partial charge in [-0.1, -0.05) is 38.5 Å². The molecule has 14 nitrogen and oxygen atoms in total. The number of piperidine rings is 1. The maximum absolute atomic E-state index is 14.6. The van der Waals surface area contributed by atoms with Crippen molar-refractivity contribution in [2.75, 3.05) is 19.6 Å². The summed E-state index contributed by atoms with van der Waals surface area (Å²) in [6.45, 7) is 7.40. The van der Waals surface area contributed by atoms with Crippen LogP contribution in [-0.2, 0) is 44.7 Å². The van der Waals surface area contributed by atoms with Crippen molar-refractivity contribution in [1.29, 1.82) is 0 Å². The average Bonchev–Trinajstić information content (AvgIpc) is 3.82. The summed E-state index contributed by atoms with van der Waals surface area (Å²) in [5.41, 5.74) is 0.0447. The van der Waals surface area contributed by atoms with E-state index in [1.807, 2.05) is 19.9 Å². The minimum atomic E-state index is -1.60. The predicted octanol–water partition coefficient (Wildman–Crippen LogP) is 2.45. The molecule has 16 heteroatoms. The van der Waals surface area contributed by atoms with Crippen LogP contribution in [0.2, 0.25) is 0 Å². The zero-order chi connectivity index (χ0) is 41.4. The molecular weight excluding hydrogens is 742 g/mol. The van der Waals surface area contributed by atoms with E-state index in [4.69, 9.17) is 4.74 Å². The van der Waals surface area contributed by atoms with Crippen LogP contribution in [0.15, 0.2) is 42.5 Å². The van der Waals surface area contributed by atoms with Gasteiger partial charge >= 0.3 is 5.97 Å². The zero-order valence-corrected chi connectivity index (χ0v) is 33.0. The highest BCUT2D eigenvalue weighted by Crippen LogP contribution is 2.29. The number of nitrogens with zero attached hydrogens (tertiary/aromatic N) is 3. The molecule has 3 N–H and O–H groups in total. The minimum absolute atomic E-state index is 0.0447. The number of unbranched alkanes of at least 4 members (excludes halogenated alkanes) is 1. The second-order valence-corrected chi connectivity index (χ2v) is 15.6. The molecule has 1 aromatic carbocycles. The van der Waals surface area contributed by atoms with Crippen molar-refractivity contribution < 1.29 is 47.1 Å². The summed E-state index contributed by atoms with van der Waals surface area (Å²) in [6.07, 6.45) is 8.77. The van der Waals surface area contributed by atoms with E-state index in [0.29, 0.717) is 31.7 Å². The monoisotopic (exact) mass is 796 g/mol. The van der Waals surface area contributed by atoms with Gasteiger partial charge in [0.2, 0.25) is 35.4 Å². The first-order chi connectivity index (χ1) is 27.2. The Morgan fingerprint density at radius 1 is 0.877 bits per heavy atom. The minimum Gasteiger partial charge on any atom is -0.458 e. The Balaban J connectivity index is 1.50. The molecule has 57 heavy (non-hydrogen) atoms. The third-order valence-electron chi connectivity index (χ3n) is 11.0. The number of cyclic esters (lactones) is 1. The number of hydrogen-bond donors (Lipinski definition) is 3. The number of esters is 1. The van der Waals surface area contributed by atoms with Gasteiger partial charge in [-0.05, 0) is 82.4 Å². The summed E-state index contributed by atoms with van der Waals surface area (Å²) in [4.78, 5) is 102. The van der Waals surface area contributed by atoms with Crippen molar-refractivity contribution in [3.63, 3.8) is 0 Å². The molecule has 4 aliphatic rings. The zero-order valence-electron chi connectivity index (χ0n) is 33.0. The van der Waals surface area contributed by atoms with Crippen molar-refractivity contribution in [3.05, 3.63) is 59.7 Å². The summed E-state index contributed by atoms with van der Waals surface area (Å²) in [7, 11) is 0. The van der Waals surface area contributed by atoms with Crippen molar-refractivity contribution in [1.82, 2.24) is 30.7 Å². The smallest absolute Gasteiger partial charge is 0.329 e. The number of fused-ring (bicyclic) bond motifs is 3. The Bertz CT molecular complexity index is 1750. The van der Waals surface area contributed by atoms with Gasteiger partial charge in [0.1, 0.15) is 54.0 Å². The number of nitrogens with one attached hydrogen (secondary N) is 3. The van der Waals surface area contributed by atoms with Crippen LogP contribution in [0.25, 0.3) is 0 Å². The van der Waals surface area contributed by atoms with Crippen LogP contribution in [0.3, 0.4) is 0 Å². The topological polar surface area (TPSA) is 175 Å². The second kappa shape index (κ2) is 19.3. The summed E-state index contributed by atoms with van der Waals surface area (Å²) in [5.74, 6) is -6.55. The van der Waals surface area contributed by atoms with Crippen LogP contribution < -0.4 is 16.0 Å². The summed E-state index contributed by atoms with van der Waals surface area (Å²) in [6, 6.07) is -4.29. The van der Waals surface area contributed by atoms with Gasteiger partial charge < -0.3 is 35.4 Å². The number of amides is 6. The summed E-state index contributed by atoms with van der Waals surface area (Å²) < 4.78 is 34.4. The quantitative estimate of drug-likeness (QED) is 0.194. The third-order valence-corrected chi connectivity index (χ3v) is 11.0. The number of carbonyl (C=O) groups is 7. The van der Waals surface area contributed by atoms with Gasteiger partial charge in [0, 0.05) is 38.2 Å². The number of rotatable bonds is 9. The van der Waals surface area contributed by atoms with E-state index in [1.165, 1.54) is 40.7 Å². The number of carbonyl (C=O) groups excluding carboxylic acids is 7. The van der Waals surface area contributed by atoms with Crippen molar-refractivity contribution in [2.45, 2.75) is 128 Å². The molecule has 310 valence electrons. The lowest BCUT2D eigenvalue weighted by atomic mass is 9.99. The van der Waals surface area contributed by atoms with Crippen molar-refractivity contribution in [3.8, 4) is 0 Å². The maximum atomic E-state index is 14.6. The first-order valence-electron chi connectivity index (χ1n) is 20.0. The highest BCUT2D eigenvalue weighted by molar-refractivity contribution is 5.98. The van der Waals surface area contributed by atoms with E-state index in [1.54, 1.807) is 6.08 Å². The third kappa shape index (κ3) is 10.6. The average molecular weight is 797 g/mol. The lowest BCUT2D eigenvalue weighted by molar-refractivity contribution is -0.163. The lowest BCUT2D eigenvalue weighted by Crippen LogP contribution is -2.63. The molecule has 0 unspecified atom stereocenters. The number of halogens is 2. The lowest BCUT2D eigenvalue weighted by Gasteiger charge is -2.39. The Morgan fingerprint density at radius 2 is 1.56 bits per heavy atom. The SMILES string of the molecule is CCC/C=C/C=C/C(=O)N[C@@H](Cc1cc(F)cc(F)c1)C(=O)N[C@@H]1C(=O)N2CCC[C@H]2C(=O)N2CCCC[C@H]2C(=O)N[C@@H](C)C(=O)N2C[C@H](C)C[C@H]2C(=O)O[C@H]1C. The molecule has 4 heterocycles. The molecule has 4 aliphatic heterocycles. The summed E-state index contributed by atoms with van der Waals surface area (Å²) in [5, 5.41) is 7.96. The Kier molecular flexibility index (Phi) is 14.6. The molecule has 0 spiro atoms. The predicted molar refractivity (Wildman–Crippen MR) is 204 cm³/mol. The number of hydrogen-bond acceptors (Lipinski definition) is 8. The normalized spacial score (nSPS) is 28.2. The Labute approximate surface area is 331 Å². The van der Waals surface area contributed by atoms with Crippen LogP contribution in [0.1, 0.15) is 84.6 Å². The highest BCUT2D eigenvalue weighted by atomic mass is 19.1. The van der Waals surface area contributed by atoms with Gasteiger partial charge in [-0.15, -0.1) is 0 Å². The van der Waals surface area contributed by atoms with E-state index < -0.39 is 95.4 Å². The maximum Gasteiger partial charge on any atom is 0.329 e. The molecule has 8 atom stereocenters. The highest BCUT2D eigenvalue weighted by Gasteiger charge is 2.47. The second-order valence-electron chi connectivity index (χ2n) is 15.6. The van der Waals surface area contributed by atoms with Gasteiger partial charge in [-0.25, -0.2) is 13.6 Å². The first-order valence-corrected chi connectivity index (χ1v) is 20.0. The van der Waals surface area contributed by atoms with Crippen molar-refractivity contribution >= 4 is 41.4 Å². The number of ether oxygens (including phenoxy) is 1. The Morgan fingerprint density at radius 3 is 2.28 bits per heavy atom.